The lowest BCUT2D eigenvalue weighted by Crippen LogP contribution is -2.36. The molecule has 0 spiro atoms. The molecule has 7 nitrogen and oxygen atoms in total. The summed E-state index contributed by atoms with van der Waals surface area (Å²) in [5.74, 6) is 0.864. The first-order valence-electron chi connectivity index (χ1n) is 10.00. The Morgan fingerprint density at radius 2 is 1.53 bits per heavy atom. The number of amides is 2. The third kappa shape index (κ3) is 4.93. The molecule has 2 heterocycles. The van der Waals surface area contributed by atoms with Crippen LogP contribution in [0.1, 0.15) is 11.1 Å². The predicted molar refractivity (Wildman–Crippen MR) is 119 cm³/mol. The number of urea groups is 1. The van der Waals surface area contributed by atoms with Gasteiger partial charge in [0, 0.05) is 30.0 Å². The van der Waals surface area contributed by atoms with Gasteiger partial charge in [0.25, 0.3) is 0 Å². The molecule has 0 saturated carbocycles. The molecule has 1 saturated heterocycles. The summed E-state index contributed by atoms with van der Waals surface area (Å²) in [6.07, 6.45) is 0. The van der Waals surface area contributed by atoms with Crippen LogP contribution < -0.4 is 15.5 Å². The van der Waals surface area contributed by atoms with Crippen molar-refractivity contribution in [1.82, 2.24) is 10.2 Å². The molecule has 0 bridgehead atoms. The Bertz CT molecular complexity index is 993. The summed E-state index contributed by atoms with van der Waals surface area (Å²) in [5, 5.41) is 14.4. The van der Waals surface area contributed by atoms with Crippen molar-refractivity contribution in [2.24, 2.45) is 0 Å². The van der Waals surface area contributed by atoms with E-state index in [1.54, 1.807) is 0 Å². The van der Waals surface area contributed by atoms with Gasteiger partial charge >= 0.3 is 6.03 Å². The smallest absolute Gasteiger partial charge is 0.323 e. The second-order valence-electron chi connectivity index (χ2n) is 7.41. The fourth-order valence-corrected chi connectivity index (χ4v) is 3.50. The van der Waals surface area contributed by atoms with E-state index >= 15 is 0 Å². The predicted octanol–water partition coefficient (Wildman–Crippen LogP) is 4.24. The van der Waals surface area contributed by atoms with Gasteiger partial charge < -0.3 is 20.3 Å². The molecule has 2 aromatic carbocycles. The van der Waals surface area contributed by atoms with Gasteiger partial charge in [0.2, 0.25) is 0 Å². The average molecular weight is 403 g/mol. The number of benzene rings is 2. The quantitative estimate of drug-likeness (QED) is 0.681. The lowest BCUT2D eigenvalue weighted by Gasteiger charge is -2.27. The highest BCUT2D eigenvalue weighted by Gasteiger charge is 2.13. The van der Waals surface area contributed by atoms with Gasteiger partial charge in [0.05, 0.1) is 18.9 Å². The lowest BCUT2D eigenvalue weighted by atomic mass is 10.1. The van der Waals surface area contributed by atoms with E-state index in [2.05, 4.69) is 31.8 Å². The van der Waals surface area contributed by atoms with Gasteiger partial charge in [-0.2, -0.15) is 0 Å². The summed E-state index contributed by atoms with van der Waals surface area (Å²) in [4.78, 5) is 14.5. The zero-order chi connectivity index (χ0) is 20.9. The second-order valence-corrected chi connectivity index (χ2v) is 7.41. The topological polar surface area (TPSA) is 79.4 Å². The monoisotopic (exact) mass is 403 g/mol. The maximum Gasteiger partial charge on any atom is 0.323 e. The van der Waals surface area contributed by atoms with Gasteiger partial charge in [0.15, 0.2) is 5.82 Å². The van der Waals surface area contributed by atoms with Gasteiger partial charge in [-0.15, -0.1) is 10.2 Å². The van der Waals surface area contributed by atoms with Crippen molar-refractivity contribution in [3.63, 3.8) is 0 Å². The van der Waals surface area contributed by atoms with Crippen molar-refractivity contribution in [1.29, 1.82) is 0 Å². The van der Waals surface area contributed by atoms with E-state index in [1.165, 1.54) is 0 Å². The van der Waals surface area contributed by atoms with Crippen LogP contribution in [-0.4, -0.2) is 42.5 Å². The van der Waals surface area contributed by atoms with Crippen molar-refractivity contribution in [3.8, 4) is 11.3 Å². The number of hydrogen-bond donors (Lipinski definition) is 2. The minimum absolute atomic E-state index is 0.276. The number of anilines is 3. The number of nitrogens with one attached hydrogen (secondary N) is 2. The molecule has 4 rings (SSSR count). The van der Waals surface area contributed by atoms with Crippen molar-refractivity contribution in [2.75, 3.05) is 41.8 Å². The first-order valence-corrected chi connectivity index (χ1v) is 10.00. The number of carbonyl (C=O) groups is 1. The molecule has 0 unspecified atom stereocenters. The molecule has 2 N–H and O–H groups in total. The molecule has 1 fully saturated rings. The minimum atomic E-state index is -0.276. The summed E-state index contributed by atoms with van der Waals surface area (Å²) < 4.78 is 5.37. The standard InChI is InChI=1S/C23H25N5O2/c1-16-13-17(2)15-20(14-16)25-23(29)24-19-5-3-18(4-6-19)21-7-8-22(27-26-21)28-9-11-30-12-10-28/h3-8,13-15H,9-12H2,1-2H3,(H2,24,25,29). The van der Waals surface area contributed by atoms with E-state index in [0.717, 1.165) is 60.2 Å². The maximum atomic E-state index is 12.3. The highest BCUT2D eigenvalue weighted by atomic mass is 16.5. The van der Waals surface area contributed by atoms with Crippen LogP contribution in [0, 0.1) is 13.8 Å². The summed E-state index contributed by atoms with van der Waals surface area (Å²) in [6.45, 7) is 7.11. The van der Waals surface area contributed by atoms with Crippen LogP contribution in [-0.2, 0) is 4.74 Å². The van der Waals surface area contributed by atoms with E-state index in [1.807, 2.05) is 62.4 Å². The number of ether oxygens (including phenoxy) is 1. The number of morpholine rings is 1. The molecule has 0 aliphatic carbocycles. The van der Waals surface area contributed by atoms with E-state index in [9.17, 15) is 4.79 Å². The highest BCUT2D eigenvalue weighted by Crippen LogP contribution is 2.21. The highest BCUT2D eigenvalue weighted by molar-refractivity contribution is 5.99. The molecular weight excluding hydrogens is 378 g/mol. The normalized spacial score (nSPS) is 13.7. The fraction of sp³-hybridized carbons (Fsp3) is 0.261. The minimum Gasteiger partial charge on any atom is -0.378 e. The van der Waals surface area contributed by atoms with E-state index < -0.39 is 0 Å². The van der Waals surface area contributed by atoms with Gasteiger partial charge in [-0.25, -0.2) is 4.79 Å². The molecule has 154 valence electrons. The number of aryl methyl sites for hydroxylation is 2. The van der Waals surface area contributed by atoms with Crippen molar-refractivity contribution < 1.29 is 9.53 Å². The van der Waals surface area contributed by atoms with Crippen LogP contribution in [0.15, 0.2) is 54.6 Å². The van der Waals surface area contributed by atoms with Crippen molar-refractivity contribution in [2.45, 2.75) is 13.8 Å². The Morgan fingerprint density at radius 1 is 0.867 bits per heavy atom. The molecule has 2 amide bonds. The van der Waals surface area contributed by atoms with Gasteiger partial charge in [-0.1, -0.05) is 18.2 Å². The van der Waals surface area contributed by atoms with Crippen molar-refractivity contribution >= 4 is 23.2 Å². The third-order valence-corrected chi connectivity index (χ3v) is 4.90. The summed E-state index contributed by atoms with van der Waals surface area (Å²) in [7, 11) is 0. The Kier molecular flexibility index (Phi) is 5.90. The SMILES string of the molecule is Cc1cc(C)cc(NC(=O)Nc2ccc(-c3ccc(N4CCOCC4)nn3)cc2)c1. The third-order valence-electron chi connectivity index (χ3n) is 4.90. The van der Waals surface area contributed by atoms with Crippen LogP contribution in [0.25, 0.3) is 11.3 Å². The van der Waals surface area contributed by atoms with E-state index in [-0.39, 0.29) is 6.03 Å². The van der Waals surface area contributed by atoms with Crippen LogP contribution in [0.2, 0.25) is 0 Å². The van der Waals surface area contributed by atoms with Crippen LogP contribution in [0.4, 0.5) is 22.0 Å². The Balaban J connectivity index is 1.38. The summed E-state index contributed by atoms with van der Waals surface area (Å²) in [5.41, 5.74) is 5.43. The van der Waals surface area contributed by atoms with Gasteiger partial charge in [-0.05, 0) is 61.4 Å². The number of carbonyl (C=O) groups excluding carboxylic acids is 1. The molecule has 7 heteroatoms. The molecule has 0 atom stereocenters. The number of hydrogen-bond acceptors (Lipinski definition) is 5. The first kappa shape index (κ1) is 19.8. The Morgan fingerprint density at radius 3 is 2.17 bits per heavy atom. The number of nitrogens with zero attached hydrogens (tertiary/aromatic N) is 3. The van der Waals surface area contributed by atoms with Crippen LogP contribution in [0.5, 0.6) is 0 Å². The number of aromatic nitrogens is 2. The average Bonchev–Trinajstić information content (AvgIpc) is 2.74. The van der Waals surface area contributed by atoms with E-state index in [0.29, 0.717) is 5.69 Å². The fourth-order valence-electron chi connectivity index (χ4n) is 3.50. The summed E-state index contributed by atoms with van der Waals surface area (Å²) in [6, 6.07) is 17.2. The molecule has 3 aromatic rings. The molecule has 30 heavy (non-hydrogen) atoms. The maximum absolute atomic E-state index is 12.3. The van der Waals surface area contributed by atoms with Gasteiger partial charge in [0.1, 0.15) is 0 Å². The summed E-state index contributed by atoms with van der Waals surface area (Å²) >= 11 is 0. The van der Waals surface area contributed by atoms with Gasteiger partial charge in [-0.3, -0.25) is 0 Å². The lowest BCUT2D eigenvalue weighted by molar-refractivity contribution is 0.122. The second kappa shape index (κ2) is 8.92. The van der Waals surface area contributed by atoms with Crippen LogP contribution in [0.3, 0.4) is 0 Å². The Hall–Kier alpha value is -3.45. The molecular formula is C23H25N5O2. The Labute approximate surface area is 176 Å². The van der Waals surface area contributed by atoms with E-state index in [4.69, 9.17) is 4.74 Å². The number of rotatable bonds is 4. The molecule has 1 aliphatic heterocycles. The van der Waals surface area contributed by atoms with Crippen LogP contribution >= 0.6 is 0 Å². The zero-order valence-corrected chi connectivity index (χ0v) is 17.2. The molecule has 1 aliphatic rings. The molecule has 1 aromatic heterocycles. The zero-order valence-electron chi connectivity index (χ0n) is 17.2. The first-order chi connectivity index (χ1) is 14.6. The van der Waals surface area contributed by atoms with Crippen molar-refractivity contribution in [3.05, 3.63) is 65.7 Å². The largest absolute Gasteiger partial charge is 0.378 e. The molecule has 0 radical (unpaired) electrons.